The van der Waals surface area contributed by atoms with Crippen LogP contribution in [0.2, 0.25) is 0 Å². The minimum Gasteiger partial charge on any atom is -0.487 e. The van der Waals surface area contributed by atoms with Crippen LogP contribution in [0.3, 0.4) is 0 Å². The molecule has 3 rings (SSSR count). The second-order valence-corrected chi connectivity index (χ2v) is 5.17. The molecule has 1 aromatic rings. The molecule has 4 nitrogen and oxygen atoms in total. The lowest BCUT2D eigenvalue weighted by atomic mass is 9.78. The number of carbonyl (C=O) groups is 1. The Balaban J connectivity index is 1.99. The van der Waals surface area contributed by atoms with Crippen molar-refractivity contribution in [3.63, 3.8) is 0 Å². The standard InChI is InChI=1S/C14H17NO3/c16-13(17)11-9-14(5-7-15-8-6-14)18-12-4-2-1-3-10(11)12/h1-4,11,15H,5-9H2,(H,16,17)/t11-/m1/s1. The van der Waals surface area contributed by atoms with Gasteiger partial charge in [0.15, 0.2) is 0 Å². The Morgan fingerprint density at radius 3 is 2.78 bits per heavy atom. The van der Waals surface area contributed by atoms with Gasteiger partial charge in [-0.3, -0.25) is 4.79 Å². The van der Waals surface area contributed by atoms with Crippen molar-refractivity contribution in [3.8, 4) is 5.75 Å². The molecular formula is C14H17NO3. The molecule has 0 amide bonds. The van der Waals surface area contributed by atoms with Gasteiger partial charge < -0.3 is 15.2 Å². The monoisotopic (exact) mass is 247 g/mol. The fourth-order valence-electron chi connectivity index (χ4n) is 3.03. The molecule has 2 aliphatic rings. The summed E-state index contributed by atoms with van der Waals surface area (Å²) >= 11 is 0. The number of carboxylic acids is 1. The number of piperidine rings is 1. The van der Waals surface area contributed by atoms with E-state index >= 15 is 0 Å². The summed E-state index contributed by atoms with van der Waals surface area (Å²) in [6.45, 7) is 1.79. The number of fused-ring (bicyclic) bond motifs is 1. The molecule has 0 saturated carbocycles. The topological polar surface area (TPSA) is 58.6 Å². The number of hydrogen-bond acceptors (Lipinski definition) is 3. The van der Waals surface area contributed by atoms with Crippen LogP contribution in [-0.2, 0) is 4.79 Å². The maximum Gasteiger partial charge on any atom is 0.311 e. The highest BCUT2D eigenvalue weighted by molar-refractivity contribution is 5.78. The zero-order valence-corrected chi connectivity index (χ0v) is 10.2. The van der Waals surface area contributed by atoms with Gasteiger partial charge in [-0.05, 0) is 32.0 Å². The Hall–Kier alpha value is -1.55. The van der Waals surface area contributed by atoms with Crippen LogP contribution in [0.4, 0.5) is 0 Å². The number of rotatable bonds is 1. The lowest BCUT2D eigenvalue weighted by Gasteiger charge is -2.43. The van der Waals surface area contributed by atoms with E-state index in [1.54, 1.807) is 0 Å². The maximum atomic E-state index is 11.5. The van der Waals surface area contributed by atoms with Crippen molar-refractivity contribution in [2.75, 3.05) is 13.1 Å². The van der Waals surface area contributed by atoms with E-state index in [-0.39, 0.29) is 5.60 Å². The summed E-state index contributed by atoms with van der Waals surface area (Å²) in [4.78, 5) is 11.5. The van der Waals surface area contributed by atoms with Crippen LogP contribution in [0.1, 0.15) is 30.7 Å². The van der Waals surface area contributed by atoms with Crippen molar-refractivity contribution in [1.29, 1.82) is 0 Å². The molecule has 18 heavy (non-hydrogen) atoms. The third-order valence-corrected chi connectivity index (χ3v) is 4.01. The molecule has 2 N–H and O–H groups in total. The predicted octanol–water partition coefficient (Wildman–Crippen LogP) is 1.76. The fraction of sp³-hybridized carbons (Fsp3) is 0.500. The van der Waals surface area contributed by atoms with Gasteiger partial charge in [0, 0.05) is 12.0 Å². The molecule has 1 atom stereocenters. The lowest BCUT2D eigenvalue weighted by molar-refractivity contribution is -0.141. The molecule has 0 bridgehead atoms. The number of ether oxygens (including phenoxy) is 1. The van der Waals surface area contributed by atoms with Crippen molar-refractivity contribution in [3.05, 3.63) is 29.8 Å². The van der Waals surface area contributed by atoms with Gasteiger partial charge in [0.2, 0.25) is 0 Å². The van der Waals surface area contributed by atoms with Crippen molar-refractivity contribution >= 4 is 5.97 Å². The van der Waals surface area contributed by atoms with Gasteiger partial charge in [0.05, 0.1) is 5.92 Å². The first-order chi connectivity index (χ1) is 8.70. The second kappa shape index (κ2) is 4.28. The van der Waals surface area contributed by atoms with Crippen LogP contribution in [0, 0.1) is 0 Å². The van der Waals surface area contributed by atoms with Crippen LogP contribution < -0.4 is 10.1 Å². The van der Waals surface area contributed by atoms with Gasteiger partial charge in [-0.25, -0.2) is 0 Å². The number of benzene rings is 1. The average Bonchev–Trinajstić information content (AvgIpc) is 2.38. The molecular weight excluding hydrogens is 230 g/mol. The zero-order valence-electron chi connectivity index (χ0n) is 10.2. The Bertz CT molecular complexity index is 466. The maximum absolute atomic E-state index is 11.5. The van der Waals surface area contributed by atoms with Gasteiger partial charge in [-0.2, -0.15) is 0 Å². The van der Waals surface area contributed by atoms with Gasteiger partial charge in [-0.15, -0.1) is 0 Å². The SMILES string of the molecule is O=C(O)[C@@H]1CC2(CCNCC2)Oc2ccccc21. The average molecular weight is 247 g/mol. The minimum atomic E-state index is -0.747. The van der Waals surface area contributed by atoms with Gasteiger partial charge in [-0.1, -0.05) is 18.2 Å². The van der Waals surface area contributed by atoms with E-state index in [0.717, 1.165) is 37.2 Å². The first-order valence-electron chi connectivity index (χ1n) is 6.42. The number of nitrogens with one attached hydrogen (secondary N) is 1. The summed E-state index contributed by atoms with van der Waals surface area (Å²) in [5, 5.41) is 12.7. The molecule has 1 aromatic carbocycles. The summed E-state index contributed by atoms with van der Waals surface area (Å²) in [7, 11) is 0. The van der Waals surface area contributed by atoms with E-state index < -0.39 is 11.9 Å². The molecule has 2 aliphatic heterocycles. The Labute approximate surface area is 106 Å². The quantitative estimate of drug-likeness (QED) is 0.794. The van der Waals surface area contributed by atoms with E-state index in [2.05, 4.69) is 5.32 Å². The van der Waals surface area contributed by atoms with Crippen LogP contribution >= 0.6 is 0 Å². The van der Waals surface area contributed by atoms with E-state index in [4.69, 9.17) is 4.74 Å². The molecule has 1 spiro atoms. The Morgan fingerprint density at radius 1 is 1.33 bits per heavy atom. The van der Waals surface area contributed by atoms with Gasteiger partial charge in [0.1, 0.15) is 11.4 Å². The third-order valence-electron chi connectivity index (χ3n) is 4.01. The highest BCUT2D eigenvalue weighted by Crippen LogP contribution is 2.44. The smallest absolute Gasteiger partial charge is 0.311 e. The predicted molar refractivity (Wildman–Crippen MR) is 66.9 cm³/mol. The van der Waals surface area contributed by atoms with E-state index in [1.807, 2.05) is 24.3 Å². The molecule has 1 fully saturated rings. The van der Waals surface area contributed by atoms with E-state index in [9.17, 15) is 9.90 Å². The first-order valence-corrected chi connectivity index (χ1v) is 6.42. The minimum absolute atomic E-state index is 0.289. The largest absolute Gasteiger partial charge is 0.487 e. The first kappa shape index (κ1) is 11.5. The molecule has 96 valence electrons. The molecule has 2 heterocycles. The third kappa shape index (κ3) is 1.86. The highest BCUT2D eigenvalue weighted by atomic mass is 16.5. The van der Waals surface area contributed by atoms with Crippen molar-refractivity contribution < 1.29 is 14.6 Å². The summed E-state index contributed by atoms with van der Waals surface area (Å²) < 4.78 is 6.14. The lowest BCUT2D eigenvalue weighted by Crippen LogP contribution is -2.49. The molecule has 0 unspecified atom stereocenters. The van der Waals surface area contributed by atoms with Crippen molar-refractivity contribution in [2.24, 2.45) is 0 Å². The second-order valence-electron chi connectivity index (χ2n) is 5.17. The van der Waals surface area contributed by atoms with Crippen LogP contribution in [0.5, 0.6) is 5.75 Å². The van der Waals surface area contributed by atoms with E-state index in [1.165, 1.54) is 0 Å². The molecule has 0 aliphatic carbocycles. The van der Waals surface area contributed by atoms with Crippen LogP contribution in [-0.4, -0.2) is 29.8 Å². The van der Waals surface area contributed by atoms with E-state index in [0.29, 0.717) is 6.42 Å². The normalized spacial score (nSPS) is 25.2. The number of carboxylic acid groups (broad SMARTS) is 1. The summed E-state index contributed by atoms with van der Waals surface area (Å²) in [6, 6.07) is 7.52. The molecule has 0 radical (unpaired) electrons. The highest BCUT2D eigenvalue weighted by Gasteiger charge is 2.44. The van der Waals surface area contributed by atoms with Gasteiger partial charge in [0.25, 0.3) is 0 Å². The number of aliphatic carboxylic acids is 1. The Morgan fingerprint density at radius 2 is 2.06 bits per heavy atom. The van der Waals surface area contributed by atoms with Crippen LogP contribution in [0.25, 0.3) is 0 Å². The Kier molecular flexibility index (Phi) is 2.74. The molecule has 0 aromatic heterocycles. The fourth-order valence-corrected chi connectivity index (χ4v) is 3.03. The summed E-state index contributed by atoms with van der Waals surface area (Å²) in [5.41, 5.74) is 0.525. The summed E-state index contributed by atoms with van der Waals surface area (Å²) in [6.07, 6.45) is 2.34. The molecule has 4 heteroatoms. The van der Waals surface area contributed by atoms with Gasteiger partial charge >= 0.3 is 5.97 Å². The molecule has 1 saturated heterocycles. The number of para-hydroxylation sites is 1. The zero-order chi connectivity index (χ0) is 12.6. The summed E-state index contributed by atoms with van der Waals surface area (Å²) in [5.74, 6) is -0.435. The van der Waals surface area contributed by atoms with Crippen molar-refractivity contribution in [1.82, 2.24) is 5.32 Å². The van der Waals surface area contributed by atoms with Crippen molar-refractivity contribution in [2.45, 2.75) is 30.8 Å². The van der Waals surface area contributed by atoms with Crippen LogP contribution in [0.15, 0.2) is 24.3 Å². The number of hydrogen-bond donors (Lipinski definition) is 2.